The van der Waals surface area contributed by atoms with Crippen LogP contribution in [0.2, 0.25) is 0 Å². The zero-order valence-corrected chi connectivity index (χ0v) is 15.3. The van der Waals surface area contributed by atoms with E-state index in [0.717, 1.165) is 19.3 Å². The molecule has 0 spiro atoms. The van der Waals surface area contributed by atoms with Crippen molar-refractivity contribution in [2.24, 2.45) is 35.5 Å². The molecule has 6 unspecified atom stereocenters. The number of hydrogen-bond donors (Lipinski definition) is 2. The molecule has 2 N–H and O–H groups in total. The summed E-state index contributed by atoms with van der Waals surface area (Å²) in [5, 5.41) is 20.4. The summed E-state index contributed by atoms with van der Waals surface area (Å²) in [6, 6.07) is 0. The summed E-state index contributed by atoms with van der Waals surface area (Å²) >= 11 is 0. The van der Waals surface area contributed by atoms with Gasteiger partial charge in [0.25, 0.3) is 0 Å². The van der Waals surface area contributed by atoms with E-state index in [0.29, 0.717) is 24.7 Å². The molecule has 26 heavy (non-hydrogen) atoms. The van der Waals surface area contributed by atoms with Crippen LogP contribution in [0.5, 0.6) is 0 Å². The third-order valence-electron chi connectivity index (χ3n) is 7.28. The average Bonchev–Trinajstić information content (AvgIpc) is 3.19. The Morgan fingerprint density at radius 1 is 1.04 bits per heavy atom. The third-order valence-corrected chi connectivity index (χ3v) is 7.28. The highest BCUT2D eigenvalue weighted by Crippen LogP contribution is 2.49. The number of esters is 1. The second kappa shape index (κ2) is 6.99. The van der Waals surface area contributed by atoms with Crippen LogP contribution in [0.4, 0.5) is 0 Å². The molecule has 4 bridgehead atoms. The van der Waals surface area contributed by atoms with Crippen molar-refractivity contribution in [3.8, 4) is 0 Å². The summed E-state index contributed by atoms with van der Waals surface area (Å²) < 4.78 is 5.44. The molecule has 3 saturated carbocycles. The largest absolute Gasteiger partial charge is 0.481 e. The molecule has 0 aromatic rings. The van der Waals surface area contributed by atoms with Gasteiger partial charge < -0.3 is 14.9 Å². The molecular formula is C21H30O5. The number of aliphatic carboxylic acids is 1. The number of allylic oxidation sites excluding steroid dienone is 2. The Morgan fingerprint density at radius 2 is 1.69 bits per heavy atom. The van der Waals surface area contributed by atoms with Crippen LogP contribution in [-0.2, 0) is 14.3 Å². The predicted molar refractivity (Wildman–Crippen MR) is 95.2 cm³/mol. The van der Waals surface area contributed by atoms with E-state index in [-0.39, 0.29) is 24.4 Å². The first-order valence-corrected chi connectivity index (χ1v) is 10.3. The number of aliphatic hydroxyl groups is 1. The zero-order valence-electron chi connectivity index (χ0n) is 15.3. The number of hydrogen-bond acceptors (Lipinski definition) is 4. The number of ether oxygens (including phenoxy) is 1. The van der Waals surface area contributed by atoms with Crippen molar-refractivity contribution in [2.45, 2.75) is 63.4 Å². The fourth-order valence-electron chi connectivity index (χ4n) is 6.29. The van der Waals surface area contributed by atoms with E-state index in [4.69, 9.17) is 4.74 Å². The lowest BCUT2D eigenvalue weighted by molar-refractivity contribution is -0.158. The van der Waals surface area contributed by atoms with E-state index < -0.39 is 23.4 Å². The highest BCUT2D eigenvalue weighted by Gasteiger charge is 2.52. The number of fused-ring (bicyclic) bond motifs is 4. The summed E-state index contributed by atoms with van der Waals surface area (Å²) in [6.45, 7) is 0.278. The fraction of sp³-hybridized carbons (Fsp3) is 0.810. The topological polar surface area (TPSA) is 83.8 Å². The second-order valence-corrected chi connectivity index (χ2v) is 9.14. The smallest absolute Gasteiger partial charge is 0.310 e. The Balaban J connectivity index is 1.25. The maximum atomic E-state index is 12.5. The lowest BCUT2D eigenvalue weighted by Gasteiger charge is -2.44. The molecule has 4 aliphatic carbocycles. The zero-order chi connectivity index (χ0) is 18.3. The van der Waals surface area contributed by atoms with Gasteiger partial charge in [-0.05, 0) is 62.2 Å². The number of rotatable bonds is 6. The van der Waals surface area contributed by atoms with Crippen LogP contribution >= 0.6 is 0 Å². The van der Waals surface area contributed by atoms with Gasteiger partial charge in [0.2, 0.25) is 0 Å². The van der Waals surface area contributed by atoms with Crippen molar-refractivity contribution in [2.75, 3.05) is 6.61 Å². The molecule has 5 heteroatoms. The van der Waals surface area contributed by atoms with E-state index in [1.807, 2.05) is 12.2 Å². The van der Waals surface area contributed by atoms with Crippen molar-refractivity contribution in [3.05, 3.63) is 12.2 Å². The van der Waals surface area contributed by atoms with Gasteiger partial charge in [0, 0.05) is 0 Å². The van der Waals surface area contributed by atoms with E-state index in [2.05, 4.69) is 0 Å². The monoisotopic (exact) mass is 362 g/mol. The SMILES string of the molecule is O=C(O)C1C2C=CC(C2)C1C(=O)OCCCC1(O)CC2CCCC(C2)C1. The molecule has 0 aliphatic heterocycles. The molecule has 5 nitrogen and oxygen atoms in total. The molecule has 0 saturated heterocycles. The fourth-order valence-corrected chi connectivity index (χ4v) is 6.29. The summed E-state index contributed by atoms with van der Waals surface area (Å²) in [4.78, 5) is 24.0. The van der Waals surface area contributed by atoms with Crippen LogP contribution in [-0.4, -0.2) is 34.4 Å². The Hall–Kier alpha value is -1.36. The lowest BCUT2D eigenvalue weighted by Crippen LogP contribution is -2.41. The van der Waals surface area contributed by atoms with Crippen molar-refractivity contribution >= 4 is 11.9 Å². The van der Waals surface area contributed by atoms with E-state index in [1.165, 1.54) is 25.7 Å². The number of carboxylic acid groups (broad SMARTS) is 1. The molecule has 0 radical (unpaired) electrons. The van der Waals surface area contributed by atoms with Crippen LogP contribution in [0.1, 0.15) is 57.8 Å². The van der Waals surface area contributed by atoms with Crippen LogP contribution < -0.4 is 0 Å². The molecule has 3 fully saturated rings. The van der Waals surface area contributed by atoms with Crippen LogP contribution in [0.25, 0.3) is 0 Å². The van der Waals surface area contributed by atoms with Gasteiger partial charge in [0.1, 0.15) is 0 Å². The van der Waals surface area contributed by atoms with Crippen LogP contribution in [0.15, 0.2) is 12.2 Å². The molecule has 0 amide bonds. The van der Waals surface area contributed by atoms with Gasteiger partial charge in [-0.2, -0.15) is 0 Å². The third kappa shape index (κ3) is 3.42. The first-order valence-electron chi connectivity index (χ1n) is 10.3. The summed E-state index contributed by atoms with van der Waals surface area (Å²) in [5.41, 5.74) is -0.598. The molecule has 0 aromatic carbocycles. The number of carbonyl (C=O) groups excluding carboxylic acids is 1. The van der Waals surface area contributed by atoms with Crippen LogP contribution in [0, 0.1) is 35.5 Å². The van der Waals surface area contributed by atoms with Crippen molar-refractivity contribution in [1.82, 2.24) is 0 Å². The molecule has 4 aliphatic rings. The minimum atomic E-state index is -0.896. The quantitative estimate of drug-likeness (QED) is 0.431. The second-order valence-electron chi connectivity index (χ2n) is 9.14. The van der Waals surface area contributed by atoms with Gasteiger partial charge in [-0.15, -0.1) is 0 Å². The van der Waals surface area contributed by atoms with Crippen molar-refractivity contribution in [3.63, 3.8) is 0 Å². The minimum absolute atomic E-state index is 0.00973. The number of carboxylic acids is 1. The first kappa shape index (κ1) is 18.0. The lowest BCUT2D eigenvalue weighted by atomic mass is 9.65. The standard InChI is InChI=1S/C21H30O5/c22-19(23)17-15-5-6-16(10-15)18(17)20(24)26-8-2-7-21(25)11-13-3-1-4-14(9-13)12-21/h5-6,13-18,25H,1-4,7-12H2,(H,22,23). The summed E-state index contributed by atoms with van der Waals surface area (Å²) in [7, 11) is 0. The van der Waals surface area contributed by atoms with Gasteiger partial charge in [0.05, 0.1) is 24.0 Å². The van der Waals surface area contributed by atoms with Crippen molar-refractivity contribution < 1.29 is 24.5 Å². The summed E-state index contributed by atoms with van der Waals surface area (Å²) in [6.07, 6.45) is 12.8. The van der Waals surface area contributed by atoms with Gasteiger partial charge in [0.15, 0.2) is 0 Å². The maximum Gasteiger partial charge on any atom is 0.310 e. The average molecular weight is 362 g/mol. The molecule has 144 valence electrons. The highest BCUT2D eigenvalue weighted by atomic mass is 16.5. The van der Waals surface area contributed by atoms with Gasteiger partial charge in [-0.1, -0.05) is 31.4 Å². The maximum absolute atomic E-state index is 12.5. The molecule has 4 rings (SSSR count). The number of carbonyl (C=O) groups is 2. The van der Waals surface area contributed by atoms with Gasteiger partial charge in [-0.3, -0.25) is 9.59 Å². The Bertz CT molecular complexity index is 585. The summed E-state index contributed by atoms with van der Waals surface area (Å²) in [5.74, 6) is -1.15. The van der Waals surface area contributed by atoms with E-state index in [1.54, 1.807) is 0 Å². The molecule has 0 heterocycles. The Kier molecular flexibility index (Phi) is 4.84. The van der Waals surface area contributed by atoms with E-state index in [9.17, 15) is 19.8 Å². The minimum Gasteiger partial charge on any atom is -0.481 e. The van der Waals surface area contributed by atoms with E-state index >= 15 is 0 Å². The highest BCUT2D eigenvalue weighted by molar-refractivity contribution is 5.83. The predicted octanol–water partition coefficient (Wildman–Crippen LogP) is 3.16. The normalized spacial score (nSPS) is 43.4. The molecule has 6 atom stereocenters. The molecular weight excluding hydrogens is 332 g/mol. The Morgan fingerprint density at radius 3 is 2.35 bits per heavy atom. The van der Waals surface area contributed by atoms with Crippen molar-refractivity contribution in [1.29, 1.82) is 0 Å². The molecule has 0 aromatic heterocycles. The van der Waals surface area contributed by atoms with Crippen LogP contribution in [0.3, 0.4) is 0 Å². The van der Waals surface area contributed by atoms with Gasteiger partial charge in [-0.25, -0.2) is 0 Å². The first-order chi connectivity index (χ1) is 12.5. The Labute approximate surface area is 154 Å². The van der Waals surface area contributed by atoms with Gasteiger partial charge >= 0.3 is 11.9 Å².